The molecule has 1 fully saturated rings. The smallest absolute Gasteiger partial charge is 0.246 e. The molecule has 224 valence electrons. The number of piperazine rings is 1. The van der Waals surface area contributed by atoms with Crippen LogP contribution in [-0.4, -0.2) is 86.1 Å². The van der Waals surface area contributed by atoms with Crippen LogP contribution in [0, 0.1) is 12.7 Å². The zero-order valence-electron chi connectivity index (χ0n) is 28.4. The molecule has 0 unspecified atom stereocenters. The van der Waals surface area contributed by atoms with Crippen molar-refractivity contribution < 1.29 is 25.5 Å². The third kappa shape index (κ3) is 5.19. The van der Waals surface area contributed by atoms with Gasteiger partial charge < -0.3 is 29.9 Å². The van der Waals surface area contributed by atoms with E-state index in [0.717, 1.165) is 12.2 Å². The summed E-state index contributed by atoms with van der Waals surface area (Å²) < 4.78 is 66.5. The Hall–Kier alpha value is -5.37. The standard InChI is InChI=1S/C30H29FN10O3/c1-18-10-22(21(31)12-24(18)44-20-5-7-41-26(11-20)34-17-36-41)37-29-28-23(33-16-35-29)13-25-30(38-28)39-8-9-40(19(14-39)15-43-25)27(42)4-3-6-32-2/h3-5,7,10-13,16-17,19,32H,6,8-9,14-15H2,1-2H3,(H,33,35,37)/b4-3+/t19-/m0/s1/i2D3,6D2. The molecular weight excluding hydrogens is 567 g/mol. The van der Waals surface area contributed by atoms with Crippen LogP contribution < -0.4 is 25.0 Å². The molecule has 2 N–H and O–H groups in total. The van der Waals surface area contributed by atoms with Gasteiger partial charge in [-0.1, -0.05) is 6.08 Å². The number of hydrogen-bond donors (Lipinski definition) is 2. The van der Waals surface area contributed by atoms with Gasteiger partial charge in [0.25, 0.3) is 0 Å². The molecule has 6 heterocycles. The van der Waals surface area contributed by atoms with E-state index in [9.17, 15) is 4.79 Å². The van der Waals surface area contributed by atoms with E-state index in [-0.39, 0.29) is 24.7 Å². The summed E-state index contributed by atoms with van der Waals surface area (Å²) in [4.78, 5) is 34.3. The van der Waals surface area contributed by atoms with Gasteiger partial charge in [-0.05, 0) is 31.6 Å². The molecule has 5 aromatic rings. The minimum absolute atomic E-state index is 0.138. The number of nitrogens with zero attached hydrogens (tertiary/aromatic N) is 8. The monoisotopic (exact) mass is 601 g/mol. The molecule has 0 aliphatic carbocycles. The summed E-state index contributed by atoms with van der Waals surface area (Å²) in [5.74, 6) is 0.997. The van der Waals surface area contributed by atoms with Crippen molar-refractivity contribution in [1.82, 2.24) is 39.8 Å². The zero-order valence-corrected chi connectivity index (χ0v) is 23.4. The predicted octanol–water partition coefficient (Wildman–Crippen LogP) is 3.24. The molecular formula is C30H29FN10O3. The zero-order chi connectivity index (χ0) is 34.5. The molecule has 2 bridgehead atoms. The van der Waals surface area contributed by atoms with Gasteiger partial charge in [0.15, 0.2) is 23.0 Å². The third-order valence-corrected chi connectivity index (χ3v) is 7.43. The highest BCUT2D eigenvalue weighted by molar-refractivity contribution is 5.91. The maximum absolute atomic E-state index is 15.5. The number of aryl methyl sites for hydroxylation is 1. The molecule has 0 radical (unpaired) electrons. The first kappa shape index (κ1) is 22.2. The van der Waals surface area contributed by atoms with Crippen LogP contribution in [0.3, 0.4) is 0 Å². The quantitative estimate of drug-likeness (QED) is 0.266. The number of carbonyl (C=O) groups is 1. The Balaban J connectivity index is 1.10. The van der Waals surface area contributed by atoms with E-state index in [2.05, 4.69) is 25.4 Å². The van der Waals surface area contributed by atoms with Gasteiger partial charge in [0.1, 0.15) is 42.1 Å². The summed E-state index contributed by atoms with van der Waals surface area (Å²) in [6.45, 7) is -2.15. The van der Waals surface area contributed by atoms with Crippen molar-refractivity contribution in [2.45, 2.75) is 13.0 Å². The summed E-state index contributed by atoms with van der Waals surface area (Å²) in [6.07, 6.45) is 6.39. The maximum Gasteiger partial charge on any atom is 0.246 e. The van der Waals surface area contributed by atoms with E-state index in [1.165, 1.54) is 18.7 Å². The van der Waals surface area contributed by atoms with Gasteiger partial charge >= 0.3 is 0 Å². The van der Waals surface area contributed by atoms with Crippen molar-refractivity contribution >= 4 is 39.9 Å². The first-order chi connectivity index (χ1) is 23.3. The van der Waals surface area contributed by atoms with Crippen LogP contribution in [0.2, 0.25) is 0 Å². The van der Waals surface area contributed by atoms with Crippen molar-refractivity contribution in [2.75, 3.05) is 49.9 Å². The highest BCUT2D eigenvalue weighted by Gasteiger charge is 2.35. The highest BCUT2D eigenvalue weighted by atomic mass is 19.1. The maximum atomic E-state index is 15.5. The van der Waals surface area contributed by atoms with Crippen molar-refractivity contribution in [3.8, 4) is 17.2 Å². The van der Waals surface area contributed by atoms with E-state index in [4.69, 9.17) is 21.3 Å². The first-order valence-corrected chi connectivity index (χ1v) is 13.7. The van der Waals surface area contributed by atoms with Gasteiger partial charge in [-0.3, -0.25) is 4.79 Å². The number of aromatic nitrogens is 6. The number of pyridine rings is 2. The number of likely N-dealkylation sites (N-methyl/N-ethyl adjacent to an activating group) is 1. The Labute approximate surface area is 258 Å². The van der Waals surface area contributed by atoms with Gasteiger partial charge in [0.2, 0.25) is 5.91 Å². The molecule has 0 spiro atoms. The average Bonchev–Trinajstić information content (AvgIpc) is 3.46. The summed E-state index contributed by atoms with van der Waals surface area (Å²) in [5, 5.41) is 8.97. The van der Waals surface area contributed by atoms with Crippen LogP contribution in [-0.2, 0) is 4.79 Å². The third-order valence-electron chi connectivity index (χ3n) is 7.43. The number of ether oxygens (including phenoxy) is 2. The molecule has 7 rings (SSSR count). The molecule has 1 atom stereocenters. The predicted molar refractivity (Wildman–Crippen MR) is 161 cm³/mol. The second kappa shape index (κ2) is 11.4. The summed E-state index contributed by atoms with van der Waals surface area (Å²) >= 11 is 0. The molecule has 1 amide bonds. The fourth-order valence-corrected chi connectivity index (χ4v) is 5.28. The minimum atomic E-state index is -2.72. The lowest BCUT2D eigenvalue weighted by atomic mass is 10.1. The lowest BCUT2D eigenvalue weighted by molar-refractivity contribution is -0.129. The number of fused-ring (bicyclic) bond motifs is 6. The Kier molecular flexibility index (Phi) is 5.74. The average molecular weight is 602 g/mol. The number of benzene rings is 1. The second-order valence-corrected chi connectivity index (χ2v) is 10.2. The van der Waals surface area contributed by atoms with Gasteiger partial charge in [-0.15, -0.1) is 0 Å². The van der Waals surface area contributed by atoms with Crippen LogP contribution >= 0.6 is 0 Å². The number of rotatable bonds is 7. The van der Waals surface area contributed by atoms with Crippen LogP contribution in [0.25, 0.3) is 16.7 Å². The molecule has 1 saturated heterocycles. The number of nitrogens with one attached hydrogen (secondary N) is 2. The SMILES string of the molecule is [2H]C([2H])([2H])NC([2H])([2H])/C=C/C(=O)N1CCN2C[C@H]1COc1cc3ncnc(Nc4cc(C)c(Oc5ccn6ncnc6c5)cc4F)c3nc12. The van der Waals surface area contributed by atoms with Gasteiger partial charge in [-0.25, -0.2) is 28.8 Å². The van der Waals surface area contributed by atoms with Crippen molar-refractivity contribution in [1.29, 1.82) is 0 Å². The number of hydrogen-bond acceptors (Lipinski definition) is 11. The van der Waals surface area contributed by atoms with Crippen LogP contribution in [0.1, 0.15) is 12.4 Å². The van der Waals surface area contributed by atoms with Crippen LogP contribution in [0.5, 0.6) is 17.2 Å². The fourth-order valence-electron chi connectivity index (χ4n) is 5.28. The van der Waals surface area contributed by atoms with E-state index in [1.54, 1.807) is 46.8 Å². The summed E-state index contributed by atoms with van der Waals surface area (Å²) in [6, 6.07) is 7.63. The Bertz CT molecular complexity index is 2110. The number of halogens is 1. The topological polar surface area (TPSA) is 135 Å². The summed E-state index contributed by atoms with van der Waals surface area (Å²) in [7, 11) is 0. The Morgan fingerprint density at radius 3 is 3.09 bits per heavy atom. The highest BCUT2D eigenvalue weighted by Crippen LogP contribution is 2.37. The first-order valence-electron chi connectivity index (χ1n) is 16.2. The normalized spacial score (nSPS) is 18.5. The largest absolute Gasteiger partial charge is 0.487 e. The minimum Gasteiger partial charge on any atom is -0.487 e. The number of carbonyl (C=O) groups excluding carboxylic acids is 1. The van der Waals surface area contributed by atoms with Crippen molar-refractivity contribution in [2.24, 2.45) is 0 Å². The Morgan fingerprint density at radius 2 is 2.18 bits per heavy atom. The van der Waals surface area contributed by atoms with E-state index < -0.39 is 31.2 Å². The lowest BCUT2D eigenvalue weighted by Gasteiger charge is -2.39. The molecule has 1 aromatic carbocycles. The van der Waals surface area contributed by atoms with E-state index >= 15 is 4.39 Å². The van der Waals surface area contributed by atoms with Gasteiger partial charge in [-0.2, -0.15) is 5.10 Å². The molecule has 2 aliphatic rings. The molecule has 4 aromatic heterocycles. The Morgan fingerprint density at radius 1 is 1.25 bits per heavy atom. The molecule has 13 nitrogen and oxygen atoms in total. The molecule has 44 heavy (non-hydrogen) atoms. The molecule has 2 aliphatic heterocycles. The lowest BCUT2D eigenvalue weighted by Crippen LogP contribution is -2.56. The van der Waals surface area contributed by atoms with Crippen molar-refractivity contribution in [3.63, 3.8) is 0 Å². The fraction of sp³-hybridized carbons (Fsp3) is 0.267. The number of amides is 1. The van der Waals surface area contributed by atoms with Crippen molar-refractivity contribution in [3.05, 3.63) is 72.7 Å². The second-order valence-electron chi connectivity index (χ2n) is 10.2. The van der Waals surface area contributed by atoms with E-state index in [0.29, 0.717) is 58.4 Å². The molecule has 14 heteroatoms. The van der Waals surface area contributed by atoms with Gasteiger partial charge in [0, 0.05) is 63.5 Å². The summed E-state index contributed by atoms with van der Waals surface area (Å²) in [5.41, 5.74) is 2.25. The van der Waals surface area contributed by atoms with Crippen LogP contribution in [0.4, 0.5) is 21.7 Å². The van der Waals surface area contributed by atoms with E-state index in [1.807, 2.05) is 10.2 Å². The number of anilines is 3. The van der Waals surface area contributed by atoms with Crippen LogP contribution in [0.15, 0.2) is 61.3 Å². The molecule has 0 saturated carbocycles. The van der Waals surface area contributed by atoms with Gasteiger partial charge in [0.05, 0.1) is 17.2 Å².